The fourth-order valence-corrected chi connectivity index (χ4v) is 2.61. The second-order valence-electron chi connectivity index (χ2n) is 6.53. The maximum Gasteiger partial charge on any atom is 0.242 e. The zero-order valence-electron chi connectivity index (χ0n) is 21.4. The molecule has 0 fully saturated rings. The zero-order valence-corrected chi connectivity index (χ0v) is 21.4. The standard InChI is InChI=1S/2C11H14N4.2C2H6/c2*1-2-15-9-13-11(14-15)12-8-10-6-4-3-5-7-10;2*1-2/h2*3-7,9H,2,8H2,1H3,(H,12,14);2*1-2H3. The maximum absolute atomic E-state index is 4.24. The van der Waals surface area contributed by atoms with E-state index in [1.54, 1.807) is 22.0 Å². The molecular formula is C26H40N8. The molecule has 0 aliphatic rings. The Kier molecular flexibility index (Phi) is 14.9. The molecule has 2 aromatic heterocycles. The minimum absolute atomic E-state index is 0.681. The Morgan fingerprint density at radius 3 is 1.24 bits per heavy atom. The monoisotopic (exact) mass is 464 g/mol. The molecule has 184 valence electrons. The smallest absolute Gasteiger partial charge is 0.242 e. The van der Waals surface area contributed by atoms with Gasteiger partial charge >= 0.3 is 0 Å². The molecule has 4 rings (SSSR count). The SMILES string of the molecule is CC.CC.CCn1cnc(NCc2ccccc2)n1.CCn1cnc(NCc2ccccc2)n1. The number of aryl methyl sites for hydroxylation is 2. The third-order valence-electron chi connectivity index (χ3n) is 4.31. The van der Waals surface area contributed by atoms with Crippen molar-refractivity contribution >= 4 is 11.9 Å². The van der Waals surface area contributed by atoms with Gasteiger partial charge in [-0.3, -0.25) is 9.36 Å². The fourth-order valence-electron chi connectivity index (χ4n) is 2.61. The number of rotatable bonds is 8. The molecule has 0 bridgehead atoms. The van der Waals surface area contributed by atoms with E-state index in [1.807, 2.05) is 77.9 Å². The van der Waals surface area contributed by atoms with Crippen molar-refractivity contribution in [2.75, 3.05) is 10.6 Å². The third kappa shape index (κ3) is 10.8. The lowest BCUT2D eigenvalue weighted by atomic mass is 10.2. The first-order valence-corrected chi connectivity index (χ1v) is 12.1. The van der Waals surface area contributed by atoms with Crippen LogP contribution in [-0.4, -0.2) is 29.5 Å². The number of anilines is 2. The Hall–Kier alpha value is -3.68. The van der Waals surface area contributed by atoms with Crippen LogP contribution in [-0.2, 0) is 26.2 Å². The number of aromatic nitrogens is 6. The summed E-state index contributed by atoms with van der Waals surface area (Å²) < 4.78 is 3.60. The van der Waals surface area contributed by atoms with Crippen LogP contribution >= 0.6 is 0 Å². The van der Waals surface area contributed by atoms with Crippen molar-refractivity contribution in [3.8, 4) is 0 Å². The first-order valence-electron chi connectivity index (χ1n) is 12.1. The van der Waals surface area contributed by atoms with E-state index in [1.165, 1.54) is 11.1 Å². The Morgan fingerprint density at radius 2 is 0.941 bits per heavy atom. The Balaban J connectivity index is 0.000000297. The molecule has 0 amide bonds. The van der Waals surface area contributed by atoms with Gasteiger partial charge < -0.3 is 10.6 Å². The molecule has 4 aromatic rings. The van der Waals surface area contributed by atoms with Crippen LogP contribution in [0.3, 0.4) is 0 Å². The van der Waals surface area contributed by atoms with Crippen LogP contribution in [0.5, 0.6) is 0 Å². The van der Waals surface area contributed by atoms with E-state index in [2.05, 4.69) is 55.1 Å². The van der Waals surface area contributed by atoms with E-state index >= 15 is 0 Å². The molecule has 0 spiro atoms. The van der Waals surface area contributed by atoms with Crippen LogP contribution in [0.25, 0.3) is 0 Å². The second kappa shape index (κ2) is 17.8. The Bertz CT molecular complexity index is 898. The van der Waals surface area contributed by atoms with Gasteiger partial charge in [-0.2, -0.15) is 0 Å². The average molecular weight is 465 g/mol. The van der Waals surface area contributed by atoms with Crippen LogP contribution in [0.2, 0.25) is 0 Å². The molecule has 0 saturated heterocycles. The average Bonchev–Trinajstić information content (AvgIpc) is 3.59. The van der Waals surface area contributed by atoms with Gasteiger partial charge in [0.2, 0.25) is 11.9 Å². The zero-order chi connectivity index (χ0) is 25.0. The number of nitrogens with one attached hydrogen (secondary N) is 2. The molecule has 0 atom stereocenters. The molecule has 8 heteroatoms. The highest BCUT2D eigenvalue weighted by atomic mass is 15.4. The summed E-state index contributed by atoms with van der Waals surface area (Å²) >= 11 is 0. The Morgan fingerprint density at radius 1 is 0.588 bits per heavy atom. The van der Waals surface area contributed by atoms with E-state index in [4.69, 9.17) is 0 Å². The number of hydrogen-bond donors (Lipinski definition) is 2. The predicted octanol–water partition coefficient (Wildman–Crippen LogP) is 5.87. The summed E-state index contributed by atoms with van der Waals surface area (Å²) in [5, 5.41) is 14.8. The van der Waals surface area contributed by atoms with Gasteiger partial charge in [-0.05, 0) is 25.0 Å². The quantitative estimate of drug-likeness (QED) is 0.339. The van der Waals surface area contributed by atoms with Crippen LogP contribution in [0.4, 0.5) is 11.9 Å². The summed E-state index contributed by atoms with van der Waals surface area (Å²) in [6.07, 6.45) is 3.46. The van der Waals surface area contributed by atoms with Gasteiger partial charge in [-0.25, -0.2) is 9.97 Å². The van der Waals surface area contributed by atoms with Gasteiger partial charge in [0.15, 0.2) is 0 Å². The van der Waals surface area contributed by atoms with Crippen molar-refractivity contribution in [3.05, 3.63) is 84.4 Å². The lowest BCUT2D eigenvalue weighted by molar-refractivity contribution is 0.659. The highest BCUT2D eigenvalue weighted by molar-refractivity contribution is 5.26. The fraction of sp³-hybridized carbons (Fsp3) is 0.385. The molecule has 0 aliphatic carbocycles. The molecule has 0 unspecified atom stereocenters. The molecule has 2 N–H and O–H groups in total. The number of benzene rings is 2. The number of nitrogens with zero attached hydrogens (tertiary/aromatic N) is 6. The van der Waals surface area contributed by atoms with Crippen molar-refractivity contribution in [2.24, 2.45) is 0 Å². The largest absolute Gasteiger partial charge is 0.349 e. The lowest BCUT2D eigenvalue weighted by Crippen LogP contribution is -2.02. The van der Waals surface area contributed by atoms with Crippen molar-refractivity contribution in [1.29, 1.82) is 0 Å². The first kappa shape index (κ1) is 28.4. The molecule has 0 aliphatic heterocycles. The topological polar surface area (TPSA) is 85.5 Å². The predicted molar refractivity (Wildman–Crippen MR) is 142 cm³/mol. The van der Waals surface area contributed by atoms with Gasteiger partial charge in [0, 0.05) is 26.2 Å². The van der Waals surface area contributed by atoms with Crippen LogP contribution < -0.4 is 10.6 Å². The normalized spacial score (nSPS) is 9.35. The van der Waals surface area contributed by atoms with Crippen LogP contribution in [0, 0.1) is 0 Å². The van der Waals surface area contributed by atoms with Gasteiger partial charge in [-0.1, -0.05) is 88.4 Å². The van der Waals surface area contributed by atoms with E-state index in [0.29, 0.717) is 11.9 Å². The van der Waals surface area contributed by atoms with Gasteiger partial charge in [0.25, 0.3) is 0 Å². The molecule has 8 nitrogen and oxygen atoms in total. The van der Waals surface area contributed by atoms with E-state index in [9.17, 15) is 0 Å². The highest BCUT2D eigenvalue weighted by Gasteiger charge is 1.99. The van der Waals surface area contributed by atoms with E-state index < -0.39 is 0 Å². The summed E-state index contributed by atoms with van der Waals surface area (Å²) in [6, 6.07) is 20.4. The first-order chi connectivity index (χ1) is 16.8. The van der Waals surface area contributed by atoms with Crippen molar-refractivity contribution in [1.82, 2.24) is 29.5 Å². The summed E-state index contributed by atoms with van der Waals surface area (Å²) in [5.74, 6) is 1.36. The summed E-state index contributed by atoms with van der Waals surface area (Å²) in [5.41, 5.74) is 2.45. The van der Waals surface area contributed by atoms with Crippen molar-refractivity contribution in [2.45, 2.75) is 67.7 Å². The molecule has 2 aromatic carbocycles. The minimum Gasteiger partial charge on any atom is -0.349 e. The molecule has 2 heterocycles. The van der Waals surface area contributed by atoms with E-state index in [0.717, 1.165) is 26.2 Å². The van der Waals surface area contributed by atoms with Crippen LogP contribution in [0.15, 0.2) is 73.3 Å². The third-order valence-corrected chi connectivity index (χ3v) is 4.31. The highest BCUT2D eigenvalue weighted by Crippen LogP contribution is 2.04. The molecule has 0 radical (unpaired) electrons. The van der Waals surface area contributed by atoms with Gasteiger partial charge in [-0.15, -0.1) is 10.2 Å². The summed E-state index contributed by atoms with van der Waals surface area (Å²) in [7, 11) is 0. The van der Waals surface area contributed by atoms with Crippen molar-refractivity contribution in [3.63, 3.8) is 0 Å². The summed E-state index contributed by atoms with van der Waals surface area (Å²) in [6.45, 7) is 15.3. The maximum atomic E-state index is 4.24. The van der Waals surface area contributed by atoms with Gasteiger partial charge in [0.1, 0.15) is 12.7 Å². The second-order valence-corrected chi connectivity index (χ2v) is 6.53. The van der Waals surface area contributed by atoms with Crippen molar-refractivity contribution < 1.29 is 0 Å². The van der Waals surface area contributed by atoms with E-state index in [-0.39, 0.29) is 0 Å². The summed E-state index contributed by atoms with van der Waals surface area (Å²) in [4.78, 5) is 8.29. The number of hydrogen-bond acceptors (Lipinski definition) is 6. The molecule has 34 heavy (non-hydrogen) atoms. The lowest BCUT2D eigenvalue weighted by Gasteiger charge is -2.01. The molecule has 0 saturated carbocycles. The van der Waals surface area contributed by atoms with Gasteiger partial charge in [0.05, 0.1) is 0 Å². The Labute approximate surface area is 204 Å². The molecular weight excluding hydrogens is 424 g/mol. The van der Waals surface area contributed by atoms with Crippen LogP contribution in [0.1, 0.15) is 52.7 Å². The minimum atomic E-state index is 0.681.